The molecule has 0 bridgehead atoms. The zero-order valence-corrected chi connectivity index (χ0v) is 10.4. The van der Waals surface area contributed by atoms with Gasteiger partial charge in [-0.1, -0.05) is 25.1 Å². The van der Waals surface area contributed by atoms with Crippen molar-refractivity contribution >= 4 is 28.4 Å². The summed E-state index contributed by atoms with van der Waals surface area (Å²) in [5, 5.41) is 0. The third kappa shape index (κ3) is 1.49. The highest BCUT2D eigenvalue weighted by atomic mass is 127. The zero-order valence-electron chi connectivity index (χ0n) is 8.22. The third-order valence-corrected chi connectivity index (χ3v) is 4.13. The predicted molar refractivity (Wildman–Crippen MR) is 65.4 cm³/mol. The number of halogens is 1. The van der Waals surface area contributed by atoms with Gasteiger partial charge in [-0.2, -0.15) is 0 Å². The van der Waals surface area contributed by atoms with Crippen molar-refractivity contribution in [3.05, 3.63) is 33.4 Å². The van der Waals surface area contributed by atoms with Gasteiger partial charge in [0.05, 0.1) is 0 Å². The van der Waals surface area contributed by atoms with Crippen LogP contribution in [0.2, 0.25) is 0 Å². The summed E-state index contributed by atoms with van der Waals surface area (Å²) < 4.78 is 1.29. The van der Waals surface area contributed by atoms with Gasteiger partial charge in [0.15, 0.2) is 0 Å². The minimum Gasteiger partial charge on any atom is -0.300 e. The van der Waals surface area contributed by atoms with Gasteiger partial charge in [0, 0.05) is 21.8 Å². The first-order chi connectivity index (χ1) is 6.68. The minimum atomic E-state index is 0.162. The molecule has 1 saturated carbocycles. The average molecular weight is 300 g/mol. The van der Waals surface area contributed by atoms with E-state index in [4.69, 9.17) is 0 Å². The first-order valence-corrected chi connectivity index (χ1v) is 6.02. The Morgan fingerprint density at radius 3 is 2.50 bits per heavy atom. The molecule has 0 aromatic heterocycles. The summed E-state index contributed by atoms with van der Waals surface area (Å²) in [4.78, 5) is 11.2. The number of ketones is 1. The fourth-order valence-electron chi connectivity index (χ4n) is 2.23. The van der Waals surface area contributed by atoms with Crippen LogP contribution in [-0.2, 0) is 10.2 Å². The third-order valence-electron chi connectivity index (χ3n) is 3.19. The van der Waals surface area contributed by atoms with Gasteiger partial charge in [-0.3, -0.25) is 4.79 Å². The molecule has 0 unspecified atom stereocenters. The fourth-order valence-corrected chi connectivity index (χ4v) is 3.18. The first kappa shape index (κ1) is 10.1. The van der Waals surface area contributed by atoms with Crippen molar-refractivity contribution in [2.24, 2.45) is 0 Å². The molecular weight excluding hydrogens is 287 g/mol. The number of benzene rings is 1. The van der Waals surface area contributed by atoms with Crippen LogP contribution in [0.25, 0.3) is 0 Å². The van der Waals surface area contributed by atoms with Crippen LogP contribution in [0.3, 0.4) is 0 Å². The lowest BCUT2D eigenvalue weighted by atomic mass is 9.62. The maximum Gasteiger partial charge on any atom is 0.134 e. The van der Waals surface area contributed by atoms with E-state index in [9.17, 15) is 4.79 Å². The average Bonchev–Trinajstić information content (AvgIpc) is 2.14. The van der Waals surface area contributed by atoms with Crippen molar-refractivity contribution in [2.45, 2.75) is 31.6 Å². The smallest absolute Gasteiger partial charge is 0.134 e. The second-order valence-corrected chi connectivity index (χ2v) is 5.17. The number of hydrogen-bond donors (Lipinski definition) is 0. The molecule has 1 nitrogen and oxygen atoms in total. The van der Waals surface area contributed by atoms with E-state index >= 15 is 0 Å². The molecule has 0 radical (unpaired) electrons. The molecule has 0 atom stereocenters. The molecule has 1 aromatic carbocycles. The molecule has 2 heteroatoms. The summed E-state index contributed by atoms with van der Waals surface area (Å²) in [6.45, 7) is 2.18. The van der Waals surface area contributed by atoms with E-state index in [-0.39, 0.29) is 5.41 Å². The van der Waals surface area contributed by atoms with Crippen molar-refractivity contribution < 1.29 is 4.79 Å². The second kappa shape index (κ2) is 3.65. The van der Waals surface area contributed by atoms with E-state index in [0.717, 1.165) is 19.3 Å². The Morgan fingerprint density at radius 1 is 1.36 bits per heavy atom. The van der Waals surface area contributed by atoms with E-state index in [1.807, 2.05) is 0 Å². The molecule has 0 amide bonds. The zero-order chi connectivity index (χ0) is 10.2. The lowest BCUT2D eigenvalue weighted by Gasteiger charge is -2.40. The van der Waals surface area contributed by atoms with Gasteiger partial charge >= 0.3 is 0 Å². The normalized spacial score (nSPS) is 19.1. The van der Waals surface area contributed by atoms with Crippen LogP contribution in [0.1, 0.15) is 31.7 Å². The predicted octanol–water partition coefficient (Wildman–Crippen LogP) is 3.30. The fraction of sp³-hybridized carbons (Fsp3) is 0.417. The van der Waals surface area contributed by atoms with Crippen LogP contribution in [0.4, 0.5) is 0 Å². The van der Waals surface area contributed by atoms with Gasteiger partial charge in [-0.05, 0) is 40.6 Å². The van der Waals surface area contributed by atoms with Gasteiger partial charge in [0.25, 0.3) is 0 Å². The summed E-state index contributed by atoms with van der Waals surface area (Å²) in [5.74, 6) is 0.409. The Morgan fingerprint density at radius 2 is 2.00 bits per heavy atom. The summed E-state index contributed by atoms with van der Waals surface area (Å²) in [6, 6.07) is 8.40. The highest BCUT2D eigenvalue weighted by Crippen LogP contribution is 2.45. The van der Waals surface area contributed by atoms with Crippen molar-refractivity contribution in [3.8, 4) is 0 Å². The first-order valence-electron chi connectivity index (χ1n) is 4.95. The van der Waals surface area contributed by atoms with Crippen molar-refractivity contribution in [3.63, 3.8) is 0 Å². The van der Waals surface area contributed by atoms with Crippen molar-refractivity contribution in [1.29, 1.82) is 0 Å². The summed E-state index contributed by atoms with van der Waals surface area (Å²) in [5.41, 5.74) is 1.53. The van der Waals surface area contributed by atoms with Crippen LogP contribution in [-0.4, -0.2) is 5.78 Å². The van der Waals surface area contributed by atoms with E-state index in [2.05, 4.69) is 53.8 Å². The SMILES string of the molecule is CCC1(c2ccccc2I)CC(=O)C1. The quantitative estimate of drug-likeness (QED) is 0.766. The highest BCUT2D eigenvalue weighted by molar-refractivity contribution is 14.1. The molecule has 1 aliphatic rings. The van der Waals surface area contributed by atoms with Gasteiger partial charge in [-0.15, -0.1) is 0 Å². The number of hydrogen-bond acceptors (Lipinski definition) is 1. The monoisotopic (exact) mass is 300 g/mol. The van der Waals surface area contributed by atoms with Crippen LogP contribution < -0.4 is 0 Å². The lowest BCUT2D eigenvalue weighted by Crippen LogP contribution is -2.41. The molecule has 0 heterocycles. The maximum absolute atomic E-state index is 11.2. The Bertz CT molecular complexity index is 362. The van der Waals surface area contributed by atoms with E-state index in [1.54, 1.807) is 0 Å². The Kier molecular flexibility index (Phi) is 2.64. The molecule has 1 aliphatic carbocycles. The largest absolute Gasteiger partial charge is 0.300 e. The number of carbonyl (C=O) groups excluding carboxylic acids is 1. The molecule has 0 N–H and O–H groups in total. The highest BCUT2D eigenvalue weighted by Gasteiger charge is 2.43. The number of rotatable bonds is 2. The van der Waals surface area contributed by atoms with E-state index in [0.29, 0.717) is 5.78 Å². The van der Waals surface area contributed by atoms with E-state index < -0.39 is 0 Å². The van der Waals surface area contributed by atoms with Crippen LogP contribution in [0.5, 0.6) is 0 Å². The molecular formula is C12H13IO. The Hall–Kier alpha value is -0.380. The molecule has 0 saturated heterocycles. The topological polar surface area (TPSA) is 17.1 Å². The molecule has 0 aliphatic heterocycles. The summed E-state index contributed by atoms with van der Waals surface area (Å²) in [7, 11) is 0. The molecule has 2 rings (SSSR count). The Balaban J connectivity index is 2.38. The van der Waals surface area contributed by atoms with Gasteiger partial charge in [0.1, 0.15) is 5.78 Å². The Labute approximate surface area is 98.0 Å². The van der Waals surface area contributed by atoms with Crippen molar-refractivity contribution in [1.82, 2.24) is 0 Å². The summed E-state index contributed by atoms with van der Waals surface area (Å²) in [6.07, 6.45) is 2.55. The number of Topliss-reactive ketones (excluding diaryl/α,β-unsaturated/α-hetero) is 1. The summed E-state index contributed by atoms with van der Waals surface area (Å²) >= 11 is 2.36. The number of carbonyl (C=O) groups is 1. The van der Waals surface area contributed by atoms with Crippen LogP contribution in [0.15, 0.2) is 24.3 Å². The standard InChI is InChI=1S/C12H13IO/c1-2-12(7-9(14)8-12)10-5-3-4-6-11(10)13/h3-6H,2,7-8H2,1H3. The van der Waals surface area contributed by atoms with E-state index in [1.165, 1.54) is 9.13 Å². The maximum atomic E-state index is 11.2. The molecule has 1 aromatic rings. The minimum absolute atomic E-state index is 0.162. The lowest BCUT2D eigenvalue weighted by molar-refractivity contribution is -0.128. The van der Waals surface area contributed by atoms with Crippen LogP contribution >= 0.6 is 22.6 Å². The molecule has 14 heavy (non-hydrogen) atoms. The van der Waals surface area contributed by atoms with Crippen molar-refractivity contribution in [2.75, 3.05) is 0 Å². The molecule has 0 spiro atoms. The van der Waals surface area contributed by atoms with Crippen LogP contribution in [0, 0.1) is 3.57 Å². The molecule has 1 fully saturated rings. The molecule has 74 valence electrons. The second-order valence-electron chi connectivity index (χ2n) is 4.01. The van der Waals surface area contributed by atoms with Gasteiger partial charge < -0.3 is 0 Å². The van der Waals surface area contributed by atoms with Gasteiger partial charge in [-0.25, -0.2) is 0 Å². The van der Waals surface area contributed by atoms with Gasteiger partial charge in [0.2, 0.25) is 0 Å².